The highest BCUT2D eigenvalue weighted by molar-refractivity contribution is 6.20. The Morgan fingerprint density at radius 1 is 1.04 bits per heavy atom. The fraction of sp³-hybridized carbons (Fsp3) is 0.318. The molecule has 2 aliphatic rings. The first-order valence-corrected chi connectivity index (χ1v) is 9.47. The molecule has 4 rings (SSSR count). The van der Waals surface area contributed by atoms with E-state index in [4.69, 9.17) is 5.73 Å². The molecular formula is C22H23N3O2. The average molecular weight is 361 g/mol. The molecule has 1 aliphatic heterocycles. The Bertz CT molecular complexity index is 885. The van der Waals surface area contributed by atoms with Crippen molar-refractivity contribution in [1.82, 2.24) is 0 Å². The summed E-state index contributed by atoms with van der Waals surface area (Å²) in [4.78, 5) is 31.8. The van der Waals surface area contributed by atoms with Crippen LogP contribution in [0, 0.1) is 5.92 Å². The molecule has 5 nitrogen and oxygen atoms in total. The number of nitrogens with zero attached hydrogens (tertiary/aromatic N) is 2. The maximum atomic E-state index is 13.0. The summed E-state index contributed by atoms with van der Waals surface area (Å²) in [5.41, 5.74) is 9.22. The largest absolute Gasteiger partial charge is 0.302 e. The van der Waals surface area contributed by atoms with Crippen molar-refractivity contribution in [3.8, 4) is 0 Å². The molecule has 0 aromatic heterocycles. The van der Waals surface area contributed by atoms with E-state index in [9.17, 15) is 9.59 Å². The van der Waals surface area contributed by atoms with E-state index in [0.717, 1.165) is 36.8 Å². The lowest BCUT2D eigenvalue weighted by atomic mass is 9.99. The molecule has 0 radical (unpaired) electrons. The molecule has 0 spiro atoms. The monoisotopic (exact) mass is 361 g/mol. The molecule has 2 aromatic rings. The van der Waals surface area contributed by atoms with Crippen LogP contribution in [0.15, 0.2) is 59.6 Å². The van der Waals surface area contributed by atoms with Gasteiger partial charge in [-0.2, -0.15) is 0 Å². The maximum Gasteiger partial charge on any atom is 0.266 e. The predicted octanol–water partition coefficient (Wildman–Crippen LogP) is 2.91. The second-order valence-corrected chi connectivity index (χ2v) is 7.18. The Kier molecular flexibility index (Phi) is 4.86. The van der Waals surface area contributed by atoms with Crippen molar-refractivity contribution >= 4 is 23.1 Å². The standard InChI is InChI=1S/C22H23N3O2/c23-21-22(27)25(14-19(26)15-8-4-5-9-15)18-13-7-6-12-17(18)20(24-21)16-10-2-1-3-11-16/h1-3,6-7,10-13,15,21H,4-5,8-9,14,23H2. The van der Waals surface area contributed by atoms with Gasteiger partial charge in [0.1, 0.15) is 0 Å². The summed E-state index contributed by atoms with van der Waals surface area (Å²) in [6.07, 6.45) is 2.98. The molecule has 1 fully saturated rings. The number of benzene rings is 2. The van der Waals surface area contributed by atoms with Gasteiger partial charge in [0.15, 0.2) is 11.9 Å². The van der Waals surface area contributed by atoms with Crippen LogP contribution in [0.4, 0.5) is 5.69 Å². The van der Waals surface area contributed by atoms with E-state index in [1.54, 1.807) is 0 Å². The molecular weight excluding hydrogens is 338 g/mol. The van der Waals surface area contributed by atoms with E-state index in [0.29, 0.717) is 11.4 Å². The molecule has 0 bridgehead atoms. The van der Waals surface area contributed by atoms with Crippen LogP contribution in [0.2, 0.25) is 0 Å². The van der Waals surface area contributed by atoms with Gasteiger partial charge >= 0.3 is 0 Å². The quantitative estimate of drug-likeness (QED) is 0.910. The molecule has 1 aliphatic carbocycles. The molecule has 5 heteroatoms. The van der Waals surface area contributed by atoms with Gasteiger partial charge in [-0.05, 0) is 18.9 Å². The number of carbonyl (C=O) groups is 2. The van der Waals surface area contributed by atoms with Crippen LogP contribution in [-0.4, -0.2) is 30.1 Å². The van der Waals surface area contributed by atoms with Crippen molar-refractivity contribution in [2.24, 2.45) is 16.6 Å². The van der Waals surface area contributed by atoms with Crippen molar-refractivity contribution in [2.75, 3.05) is 11.4 Å². The van der Waals surface area contributed by atoms with Crippen LogP contribution in [-0.2, 0) is 9.59 Å². The summed E-state index contributed by atoms with van der Waals surface area (Å²) >= 11 is 0. The van der Waals surface area contributed by atoms with E-state index >= 15 is 0 Å². The number of aliphatic imine (C=N–C) groups is 1. The van der Waals surface area contributed by atoms with E-state index in [1.165, 1.54) is 4.90 Å². The molecule has 1 heterocycles. The average Bonchev–Trinajstić information content (AvgIpc) is 3.22. The highest BCUT2D eigenvalue weighted by Gasteiger charge is 2.33. The number of benzodiazepines with no additional fused rings is 1. The first-order valence-electron chi connectivity index (χ1n) is 9.47. The number of hydrogen-bond acceptors (Lipinski definition) is 4. The number of fused-ring (bicyclic) bond motifs is 1. The number of Topliss-reactive ketones (excluding diaryl/α,β-unsaturated/α-hetero) is 1. The molecule has 1 atom stereocenters. The predicted molar refractivity (Wildman–Crippen MR) is 106 cm³/mol. The number of hydrogen-bond donors (Lipinski definition) is 1. The van der Waals surface area contributed by atoms with Crippen molar-refractivity contribution in [1.29, 1.82) is 0 Å². The zero-order valence-corrected chi connectivity index (χ0v) is 15.2. The molecule has 1 unspecified atom stereocenters. The number of para-hydroxylation sites is 1. The number of carbonyl (C=O) groups excluding carboxylic acids is 2. The van der Waals surface area contributed by atoms with Crippen molar-refractivity contribution in [2.45, 2.75) is 31.8 Å². The minimum Gasteiger partial charge on any atom is -0.302 e. The Labute approximate surface area is 158 Å². The summed E-state index contributed by atoms with van der Waals surface area (Å²) in [5.74, 6) is -0.162. The smallest absolute Gasteiger partial charge is 0.266 e. The van der Waals surface area contributed by atoms with Crippen LogP contribution >= 0.6 is 0 Å². The topological polar surface area (TPSA) is 75.8 Å². The van der Waals surface area contributed by atoms with E-state index < -0.39 is 6.17 Å². The number of nitrogens with two attached hydrogens (primary N) is 1. The summed E-state index contributed by atoms with van der Waals surface area (Å²) < 4.78 is 0. The molecule has 27 heavy (non-hydrogen) atoms. The third-order valence-corrected chi connectivity index (χ3v) is 5.41. The van der Waals surface area contributed by atoms with Crippen LogP contribution in [0.3, 0.4) is 0 Å². The SMILES string of the molecule is NC1N=C(c2ccccc2)c2ccccc2N(CC(=O)C2CCCC2)C1=O. The first kappa shape index (κ1) is 17.6. The van der Waals surface area contributed by atoms with Crippen LogP contribution in [0.5, 0.6) is 0 Å². The highest BCUT2D eigenvalue weighted by Crippen LogP contribution is 2.30. The van der Waals surface area contributed by atoms with Gasteiger partial charge in [-0.25, -0.2) is 0 Å². The highest BCUT2D eigenvalue weighted by atomic mass is 16.2. The van der Waals surface area contributed by atoms with Gasteiger partial charge in [0.05, 0.1) is 17.9 Å². The van der Waals surface area contributed by atoms with Gasteiger partial charge in [0, 0.05) is 17.0 Å². The zero-order valence-electron chi connectivity index (χ0n) is 15.2. The van der Waals surface area contributed by atoms with Gasteiger partial charge in [-0.3, -0.25) is 14.6 Å². The summed E-state index contributed by atoms with van der Waals surface area (Å²) in [7, 11) is 0. The summed E-state index contributed by atoms with van der Waals surface area (Å²) in [6.45, 7) is 0.0613. The van der Waals surface area contributed by atoms with Gasteiger partial charge in [0.2, 0.25) is 0 Å². The number of amides is 1. The first-order chi connectivity index (χ1) is 13.1. The second kappa shape index (κ2) is 7.45. The molecule has 2 N–H and O–H groups in total. The molecule has 1 amide bonds. The summed E-state index contributed by atoms with van der Waals surface area (Å²) in [5, 5.41) is 0. The number of ketones is 1. The van der Waals surface area contributed by atoms with E-state index in [-0.39, 0.29) is 24.2 Å². The van der Waals surface area contributed by atoms with Crippen LogP contribution in [0.1, 0.15) is 36.8 Å². The molecule has 2 aromatic carbocycles. The minimum atomic E-state index is -1.02. The van der Waals surface area contributed by atoms with Gasteiger partial charge in [-0.15, -0.1) is 0 Å². The maximum absolute atomic E-state index is 13.0. The van der Waals surface area contributed by atoms with Gasteiger partial charge in [-0.1, -0.05) is 61.4 Å². The fourth-order valence-corrected chi connectivity index (χ4v) is 3.97. The number of rotatable bonds is 4. The van der Waals surface area contributed by atoms with Crippen molar-refractivity contribution in [3.05, 3.63) is 65.7 Å². The summed E-state index contributed by atoms with van der Waals surface area (Å²) in [6, 6.07) is 17.3. The second-order valence-electron chi connectivity index (χ2n) is 7.18. The lowest BCUT2D eigenvalue weighted by Gasteiger charge is -2.24. The lowest BCUT2D eigenvalue weighted by molar-refractivity contribution is -0.125. The fourth-order valence-electron chi connectivity index (χ4n) is 3.97. The third kappa shape index (κ3) is 3.43. The zero-order chi connectivity index (χ0) is 18.8. The normalized spacial score (nSPS) is 20.2. The lowest BCUT2D eigenvalue weighted by Crippen LogP contribution is -2.45. The van der Waals surface area contributed by atoms with Crippen molar-refractivity contribution < 1.29 is 9.59 Å². The molecule has 1 saturated carbocycles. The van der Waals surface area contributed by atoms with Crippen molar-refractivity contribution in [3.63, 3.8) is 0 Å². The Hall–Kier alpha value is -2.79. The number of anilines is 1. The Balaban J connectivity index is 1.75. The third-order valence-electron chi connectivity index (χ3n) is 5.41. The molecule has 0 saturated heterocycles. The molecule has 138 valence electrons. The van der Waals surface area contributed by atoms with E-state index in [2.05, 4.69) is 4.99 Å². The Morgan fingerprint density at radius 3 is 2.44 bits per heavy atom. The van der Waals surface area contributed by atoms with E-state index in [1.807, 2.05) is 54.6 Å². The van der Waals surface area contributed by atoms with Gasteiger partial charge < -0.3 is 10.6 Å². The van der Waals surface area contributed by atoms with Crippen LogP contribution < -0.4 is 10.6 Å². The van der Waals surface area contributed by atoms with Gasteiger partial charge in [0.25, 0.3) is 5.91 Å². The Morgan fingerprint density at radius 2 is 1.70 bits per heavy atom. The van der Waals surface area contributed by atoms with Crippen LogP contribution in [0.25, 0.3) is 0 Å². The minimum absolute atomic E-state index is 0.0546.